The second-order valence-corrected chi connectivity index (χ2v) is 7.21. The largest absolute Gasteiger partial charge is 0.330 e. The van der Waals surface area contributed by atoms with Crippen LogP contribution in [0.15, 0.2) is 12.1 Å². The fourth-order valence-corrected chi connectivity index (χ4v) is 4.53. The Kier molecular flexibility index (Phi) is 4.13. The van der Waals surface area contributed by atoms with Gasteiger partial charge >= 0.3 is 0 Å². The summed E-state index contributed by atoms with van der Waals surface area (Å²) in [6.45, 7) is 4.91. The van der Waals surface area contributed by atoms with Crippen LogP contribution in [0.3, 0.4) is 0 Å². The van der Waals surface area contributed by atoms with Gasteiger partial charge in [0.1, 0.15) is 0 Å². The van der Waals surface area contributed by atoms with Crippen molar-refractivity contribution in [2.45, 2.75) is 51.0 Å². The summed E-state index contributed by atoms with van der Waals surface area (Å²) in [7, 11) is 0. The van der Waals surface area contributed by atoms with Gasteiger partial charge in [-0.1, -0.05) is 26.2 Å². The Labute approximate surface area is 125 Å². The van der Waals surface area contributed by atoms with Crippen molar-refractivity contribution in [1.82, 2.24) is 10.2 Å². The van der Waals surface area contributed by atoms with Gasteiger partial charge in [0.15, 0.2) is 0 Å². The molecule has 1 saturated heterocycles. The van der Waals surface area contributed by atoms with Gasteiger partial charge in [0.2, 0.25) is 0 Å². The van der Waals surface area contributed by atoms with E-state index in [0.717, 1.165) is 43.8 Å². The molecule has 1 N–H and O–H groups in total. The number of rotatable bonds is 2. The second-order valence-electron chi connectivity index (χ2n) is 6.04. The van der Waals surface area contributed by atoms with Crippen LogP contribution in [0.2, 0.25) is 0 Å². The van der Waals surface area contributed by atoms with Crippen LogP contribution in [0.5, 0.6) is 0 Å². The lowest BCUT2D eigenvalue weighted by Gasteiger charge is -2.49. The number of amides is 1. The molecule has 0 radical (unpaired) electrons. The zero-order valence-corrected chi connectivity index (χ0v) is 13.1. The molecule has 1 aliphatic heterocycles. The first-order valence-electron chi connectivity index (χ1n) is 7.86. The van der Waals surface area contributed by atoms with Gasteiger partial charge in [-0.3, -0.25) is 4.79 Å². The molecule has 1 saturated carbocycles. The highest BCUT2D eigenvalue weighted by Gasteiger charge is 2.42. The van der Waals surface area contributed by atoms with Crippen molar-refractivity contribution >= 4 is 17.2 Å². The van der Waals surface area contributed by atoms with Crippen molar-refractivity contribution < 1.29 is 4.79 Å². The Bertz CT molecular complexity index is 468. The smallest absolute Gasteiger partial charge is 0.264 e. The molecule has 20 heavy (non-hydrogen) atoms. The molecule has 0 atom stereocenters. The number of carbonyl (C=O) groups is 1. The molecule has 3 rings (SSSR count). The van der Waals surface area contributed by atoms with Crippen LogP contribution in [0.4, 0.5) is 0 Å². The van der Waals surface area contributed by atoms with Gasteiger partial charge in [-0.05, 0) is 31.4 Å². The van der Waals surface area contributed by atoms with Crippen molar-refractivity contribution in [1.29, 1.82) is 0 Å². The van der Waals surface area contributed by atoms with Crippen molar-refractivity contribution in [2.24, 2.45) is 0 Å². The van der Waals surface area contributed by atoms with Gasteiger partial charge in [0.05, 0.1) is 10.4 Å². The summed E-state index contributed by atoms with van der Waals surface area (Å²) in [6, 6.07) is 4.12. The first kappa shape index (κ1) is 14.1. The van der Waals surface area contributed by atoms with Crippen LogP contribution in [-0.2, 0) is 6.42 Å². The summed E-state index contributed by atoms with van der Waals surface area (Å²) in [5, 5.41) is 3.51. The maximum atomic E-state index is 12.9. The molecule has 2 aliphatic rings. The van der Waals surface area contributed by atoms with E-state index >= 15 is 0 Å². The first-order chi connectivity index (χ1) is 9.75. The molecule has 3 nitrogen and oxygen atoms in total. The number of nitrogens with zero attached hydrogens (tertiary/aromatic N) is 1. The Morgan fingerprint density at radius 3 is 2.85 bits per heavy atom. The van der Waals surface area contributed by atoms with Crippen LogP contribution in [0, 0.1) is 0 Å². The van der Waals surface area contributed by atoms with E-state index in [-0.39, 0.29) is 11.4 Å². The van der Waals surface area contributed by atoms with Gasteiger partial charge in [0, 0.05) is 24.5 Å². The molecule has 1 spiro atoms. The summed E-state index contributed by atoms with van der Waals surface area (Å²) in [6.07, 6.45) is 7.19. The number of hydrogen-bond acceptors (Lipinski definition) is 3. The highest BCUT2D eigenvalue weighted by atomic mass is 32.1. The normalized spacial score (nSPS) is 22.1. The number of piperazine rings is 1. The molecule has 110 valence electrons. The highest BCUT2D eigenvalue weighted by Crippen LogP contribution is 2.36. The maximum absolute atomic E-state index is 12.9. The van der Waals surface area contributed by atoms with Gasteiger partial charge in [-0.2, -0.15) is 0 Å². The van der Waals surface area contributed by atoms with Crippen molar-refractivity contribution in [2.75, 3.05) is 19.6 Å². The standard InChI is InChI=1S/C16H24N2OS/c1-2-13-6-7-14(20-13)15(19)18-11-10-17-12-16(18)8-4-3-5-9-16/h6-7,17H,2-5,8-12H2,1H3. The number of carbonyl (C=O) groups excluding carboxylic acids is 1. The van der Waals surface area contributed by atoms with E-state index in [1.54, 1.807) is 11.3 Å². The summed E-state index contributed by atoms with van der Waals surface area (Å²) in [4.78, 5) is 17.3. The Morgan fingerprint density at radius 1 is 1.35 bits per heavy atom. The van der Waals surface area contributed by atoms with Gasteiger partial charge < -0.3 is 10.2 Å². The predicted octanol–water partition coefficient (Wildman–Crippen LogP) is 3.06. The van der Waals surface area contributed by atoms with Crippen LogP contribution < -0.4 is 5.32 Å². The van der Waals surface area contributed by atoms with E-state index in [0.29, 0.717) is 0 Å². The third-order valence-electron chi connectivity index (χ3n) is 4.79. The lowest BCUT2D eigenvalue weighted by atomic mass is 9.79. The van der Waals surface area contributed by atoms with E-state index in [9.17, 15) is 4.79 Å². The minimum Gasteiger partial charge on any atom is -0.330 e. The lowest BCUT2D eigenvalue weighted by Crippen LogP contribution is -2.63. The quantitative estimate of drug-likeness (QED) is 0.908. The molecule has 0 unspecified atom stereocenters. The van der Waals surface area contributed by atoms with E-state index in [1.807, 2.05) is 6.07 Å². The topological polar surface area (TPSA) is 32.3 Å². The average molecular weight is 292 g/mol. The monoisotopic (exact) mass is 292 g/mol. The Balaban J connectivity index is 1.83. The molecular formula is C16H24N2OS. The molecule has 1 aromatic rings. The minimum atomic E-state index is 0.0873. The van der Waals surface area contributed by atoms with Gasteiger partial charge in [-0.25, -0.2) is 0 Å². The summed E-state index contributed by atoms with van der Waals surface area (Å²) in [5.74, 6) is 0.262. The van der Waals surface area contributed by atoms with Crippen LogP contribution in [0.25, 0.3) is 0 Å². The summed E-state index contributed by atoms with van der Waals surface area (Å²) in [5.41, 5.74) is 0.0873. The maximum Gasteiger partial charge on any atom is 0.264 e. The summed E-state index contributed by atoms with van der Waals surface area (Å²) < 4.78 is 0. The molecule has 1 amide bonds. The van der Waals surface area contributed by atoms with Crippen LogP contribution in [0.1, 0.15) is 53.6 Å². The van der Waals surface area contributed by atoms with E-state index in [2.05, 4.69) is 23.2 Å². The zero-order valence-electron chi connectivity index (χ0n) is 12.3. The molecule has 0 aromatic carbocycles. The van der Waals surface area contributed by atoms with E-state index < -0.39 is 0 Å². The van der Waals surface area contributed by atoms with Crippen LogP contribution >= 0.6 is 11.3 Å². The predicted molar refractivity (Wildman–Crippen MR) is 83.4 cm³/mol. The lowest BCUT2D eigenvalue weighted by molar-refractivity contribution is 0.0227. The SMILES string of the molecule is CCc1ccc(C(=O)N2CCNCC23CCCCC3)s1. The number of nitrogens with one attached hydrogen (secondary N) is 1. The Hall–Kier alpha value is -0.870. The highest BCUT2D eigenvalue weighted by molar-refractivity contribution is 7.14. The number of thiophene rings is 1. The summed E-state index contributed by atoms with van der Waals surface area (Å²) >= 11 is 1.67. The molecule has 0 bridgehead atoms. The molecule has 1 aliphatic carbocycles. The fourth-order valence-electron chi connectivity index (χ4n) is 3.63. The molecular weight excluding hydrogens is 268 g/mol. The van der Waals surface area contributed by atoms with E-state index in [4.69, 9.17) is 0 Å². The molecule has 4 heteroatoms. The van der Waals surface area contributed by atoms with Crippen LogP contribution in [-0.4, -0.2) is 36.0 Å². The van der Waals surface area contributed by atoms with E-state index in [1.165, 1.54) is 24.1 Å². The average Bonchev–Trinajstić information content (AvgIpc) is 2.97. The second kappa shape index (κ2) is 5.86. The van der Waals surface area contributed by atoms with Gasteiger partial charge in [0.25, 0.3) is 5.91 Å². The van der Waals surface area contributed by atoms with Crippen molar-refractivity contribution in [3.8, 4) is 0 Å². The molecule has 2 fully saturated rings. The number of hydrogen-bond donors (Lipinski definition) is 1. The number of aryl methyl sites for hydroxylation is 1. The van der Waals surface area contributed by atoms with Crippen molar-refractivity contribution in [3.05, 3.63) is 21.9 Å². The third kappa shape index (κ3) is 2.51. The zero-order chi connectivity index (χ0) is 14.0. The van der Waals surface area contributed by atoms with Crippen molar-refractivity contribution in [3.63, 3.8) is 0 Å². The van der Waals surface area contributed by atoms with Gasteiger partial charge in [-0.15, -0.1) is 11.3 Å². The fraction of sp³-hybridized carbons (Fsp3) is 0.688. The first-order valence-corrected chi connectivity index (χ1v) is 8.68. The minimum absolute atomic E-state index is 0.0873. The third-order valence-corrected chi connectivity index (χ3v) is 6.01. The molecule has 2 heterocycles. The molecule has 1 aromatic heterocycles. The Morgan fingerprint density at radius 2 is 2.15 bits per heavy atom.